The van der Waals surface area contributed by atoms with Gasteiger partial charge in [0.15, 0.2) is 5.03 Å². The predicted octanol–water partition coefficient (Wildman–Crippen LogP) is 0.348. The zero-order valence-electron chi connectivity index (χ0n) is 15.1. The molecule has 2 fully saturated rings. The van der Waals surface area contributed by atoms with Crippen LogP contribution < -0.4 is 0 Å². The predicted molar refractivity (Wildman–Crippen MR) is 95.8 cm³/mol. The van der Waals surface area contributed by atoms with Crippen LogP contribution in [0.5, 0.6) is 0 Å². The minimum absolute atomic E-state index is 0.0191. The lowest BCUT2D eigenvalue weighted by Gasteiger charge is -2.35. The van der Waals surface area contributed by atoms with Crippen LogP contribution in [0.25, 0.3) is 0 Å². The molecule has 3 heterocycles. The molecule has 2 aliphatic rings. The van der Waals surface area contributed by atoms with Gasteiger partial charge in [-0.05, 0) is 12.8 Å². The second-order valence-electron chi connectivity index (χ2n) is 6.97. The summed E-state index contributed by atoms with van der Waals surface area (Å²) in [7, 11) is -7.34. The molecule has 0 bridgehead atoms. The first-order valence-electron chi connectivity index (χ1n) is 8.84. The second kappa shape index (κ2) is 7.55. The first-order chi connectivity index (χ1) is 12.2. The number of aromatic nitrogens is 2. The number of imidazole rings is 1. The van der Waals surface area contributed by atoms with E-state index in [1.54, 1.807) is 0 Å². The van der Waals surface area contributed by atoms with Gasteiger partial charge in [0.1, 0.15) is 5.82 Å². The van der Waals surface area contributed by atoms with Gasteiger partial charge < -0.3 is 9.72 Å². The fourth-order valence-corrected chi connectivity index (χ4v) is 6.71. The first-order valence-corrected chi connectivity index (χ1v) is 11.8. The van der Waals surface area contributed by atoms with Crippen LogP contribution in [-0.4, -0.2) is 80.1 Å². The number of hydrogen-bond donors (Lipinski definition) is 1. The molecule has 1 atom stereocenters. The highest BCUT2D eigenvalue weighted by atomic mass is 32.2. The summed E-state index contributed by atoms with van der Waals surface area (Å²) in [6, 6.07) is 0. The van der Waals surface area contributed by atoms with E-state index in [-0.39, 0.29) is 17.5 Å². The van der Waals surface area contributed by atoms with Crippen LogP contribution in [0, 0.1) is 0 Å². The van der Waals surface area contributed by atoms with E-state index in [0.717, 1.165) is 0 Å². The fourth-order valence-electron chi connectivity index (χ4n) is 3.26. The summed E-state index contributed by atoms with van der Waals surface area (Å²) in [5.41, 5.74) is 0. The molecule has 2 aliphatic heterocycles. The quantitative estimate of drug-likeness (QED) is 0.755. The number of morpholine rings is 1. The van der Waals surface area contributed by atoms with Gasteiger partial charge in [0.25, 0.3) is 10.0 Å². The van der Waals surface area contributed by atoms with Crippen LogP contribution in [-0.2, 0) is 24.8 Å². The molecule has 0 aliphatic carbocycles. The van der Waals surface area contributed by atoms with E-state index >= 15 is 0 Å². The van der Waals surface area contributed by atoms with E-state index in [9.17, 15) is 16.8 Å². The average molecular weight is 407 g/mol. The Morgan fingerprint density at radius 2 is 1.85 bits per heavy atom. The third-order valence-corrected chi connectivity index (χ3v) is 8.92. The number of nitrogens with zero attached hydrogens (tertiary/aromatic N) is 3. The number of hydrogen-bond acceptors (Lipinski definition) is 6. The zero-order valence-corrected chi connectivity index (χ0v) is 16.7. The molecular formula is C15H26N4O5S2. The highest BCUT2D eigenvalue weighted by Crippen LogP contribution is 2.26. The maximum Gasteiger partial charge on any atom is 0.260 e. The molecule has 9 nitrogen and oxygen atoms in total. The lowest BCUT2D eigenvalue weighted by molar-refractivity contribution is 0.0722. The highest BCUT2D eigenvalue weighted by Gasteiger charge is 2.40. The van der Waals surface area contributed by atoms with Gasteiger partial charge in [-0.2, -0.15) is 8.61 Å². The molecule has 0 spiro atoms. The third kappa shape index (κ3) is 3.81. The van der Waals surface area contributed by atoms with Crippen molar-refractivity contribution in [1.29, 1.82) is 0 Å². The van der Waals surface area contributed by atoms with Crippen LogP contribution in [0.2, 0.25) is 0 Å². The number of H-pyrrole nitrogens is 1. The van der Waals surface area contributed by atoms with Crippen molar-refractivity contribution < 1.29 is 21.6 Å². The Labute approximate surface area is 154 Å². The first kappa shape index (κ1) is 19.7. The Balaban J connectivity index is 1.78. The molecule has 3 rings (SSSR count). The standard InChI is InChI=1S/C15H26N4O5S2/c1-12(2)15-16-10-14(17-15)26(22,23)19-5-3-4-13(11-19)25(20,21)18-6-8-24-9-7-18/h10,12-13H,3-9,11H2,1-2H3,(H,16,17)/t13-/m1/s1. The van der Waals surface area contributed by atoms with Crippen LogP contribution in [0.3, 0.4) is 0 Å². The molecule has 1 aromatic heterocycles. The smallest absolute Gasteiger partial charge is 0.260 e. The Morgan fingerprint density at radius 3 is 2.46 bits per heavy atom. The van der Waals surface area contributed by atoms with Gasteiger partial charge in [-0.1, -0.05) is 13.8 Å². The fraction of sp³-hybridized carbons (Fsp3) is 0.800. The van der Waals surface area contributed by atoms with Gasteiger partial charge in [-0.25, -0.2) is 21.8 Å². The van der Waals surface area contributed by atoms with Crippen molar-refractivity contribution in [3.8, 4) is 0 Å². The molecule has 0 amide bonds. The summed E-state index contributed by atoms with van der Waals surface area (Å²) in [5, 5.41) is -0.706. The van der Waals surface area contributed by atoms with E-state index < -0.39 is 25.3 Å². The molecular weight excluding hydrogens is 380 g/mol. The monoisotopic (exact) mass is 406 g/mol. The van der Waals surface area contributed by atoms with E-state index in [2.05, 4.69) is 9.97 Å². The minimum Gasteiger partial charge on any atom is -0.379 e. The Hall–Kier alpha value is -1.01. The number of sulfonamides is 2. The van der Waals surface area contributed by atoms with E-state index in [1.807, 2.05) is 13.8 Å². The highest BCUT2D eigenvalue weighted by molar-refractivity contribution is 7.90. The van der Waals surface area contributed by atoms with Crippen molar-refractivity contribution in [2.45, 2.75) is 42.9 Å². The zero-order chi connectivity index (χ0) is 18.9. The number of rotatable bonds is 5. The molecule has 2 saturated heterocycles. The van der Waals surface area contributed by atoms with Crippen LogP contribution in [0.1, 0.15) is 38.4 Å². The number of piperidine rings is 1. The van der Waals surface area contributed by atoms with Crippen molar-refractivity contribution in [2.24, 2.45) is 0 Å². The third-order valence-electron chi connectivity index (χ3n) is 4.83. The van der Waals surface area contributed by atoms with Crippen LogP contribution in [0.15, 0.2) is 11.2 Å². The molecule has 26 heavy (non-hydrogen) atoms. The summed E-state index contributed by atoms with van der Waals surface area (Å²) in [4.78, 5) is 6.97. The molecule has 11 heteroatoms. The molecule has 1 aromatic rings. The van der Waals surface area contributed by atoms with Gasteiger partial charge in [-0.15, -0.1) is 0 Å². The van der Waals surface area contributed by atoms with Crippen LogP contribution >= 0.6 is 0 Å². The van der Waals surface area contributed by atoms with E-state index in [1.165, 1.54) is 14.8 Å². The maximum atomic E-state index is 12.9. The van der Waals surface area contributed by atoms with Crippen molar-refractivity contribution >= 4 is 20.0 Å². The minimum atomic E-state index is -3.79. The molecule has 0 aromatic carbocycles. The van der Waals surface area contributed by atoms with Gasteiger partial charge in [0.2, 0.25) is 10.0 Å². The van der Waals surface area contributed by atoms with Gasteiger partial charge in [0, 0.05) is 32.1 Å². The lowest BCUT2D eigenvalue weighted by atomic mass is 10.2. The van der Waals surface area contributed by atoms with E-state index in [4.69, 9.17) is 4.74 Å². The topological polar surface area (TPSA) is 113 Å². The molecule has 0 saturated carbocycles. The second-order valence-corrected chi connectivity index (χ2v) is 11.1. The SMILES string of the molecule is CC(C)c1ncc(S(=O)(=O)N2CCC[C@@H](S(=O)(=O)N3CCOCC3)C2)[nH]1. The molecule has 0 radical (unpaired) electrons. The van der Waals surface area contributed by atoms with Gasteiger partial charge in [0.05, 0.1) is 24.7 Å². The van der Waals surface area contributed by atoms with Gasteiger partial charge >= 0.3 is 0 Å². The van der Waals surface area contributed by atoms with Gasteiger partial charge in [-0.3, -0.25) is 0 Å². The van der Waals surface area contributed by atoms with Crippen molar-refractivity contribution in [3.63, 3.8) is 0 Å². The summed E-state index contributed by atoms with van der Waals surface area (Å²) < 4.78 is 59.4. The van der Waals surface area contributed by atoms with Crippen molar-refractivity contribution in [3.05, 3.63) is 12.0 Å². The Kier molecular flexibility index (Phi) is 5.73. The average Bonchev–Trinajstić information content (AvgIpc) is 3.14. The van der Waals surface area contributed by atoms with Crippen LogP contribution in [0.4, 0.5) is 0 Å². The summed E-state index contributed by atoms with van der Waals surface area (Å²) in [6.07, 6.45) is 2.29. The maximum absolute atomic E-state index is 12.9. The summed E-state index contributed by atoms with van der Waals surface area (Å²) in [5.74, 6) is 0.674. The Bertz CT molecular complexity index is 828. The largest absolute Gasteiger partial charge is 0.379 e. The number of aromatic amines is 1. The van der Waals surface area contributed by atoms with Crippen molar-refractivity contribution in [2.75, 3.05) is 39.4 Å². The summed E-state index contributed by atoms with van der Waals surface area (Å²) >= 11 is 0. The molecule has 148 valence electrons. The molecule has 0 unspecified atom stereocenters. The summed E-state index contributed by atoms with van der Waals surface area (Å²) in [6.45, 7) is 5.52. The Morgan fingerprint density at radius 1 is 1.15 bits per heavy atom. The molecule has 1 N–H and O–H groups in total. The number of nitrogens with one attached hydrogen (secondary N) is 1. The normalized spacial score (nSPS) is 24.2. The number of ether oxygens (including phenoxy) is 1. The van der Waals surface area contributed by atoms with E-state index in [0.29, 0.717) is 51.5 Å². The lowest BCUT2D eigenvalue weighted by Crippen LogP contribution is -2.51. The van der Waals surface area contributed by atoms with Crippen molar-refractivity contribution in [1.82, 2.24) is 18.6 Å².